The Morgan fingerprint density at radius 3 is 2.85 bits per heavy atom. The average Bonchev–Trinajstić information content (AvgIpc) is 2.87. The number of hydrogen-bond donors (Lipinski definition) is 1. The number of rotatable bonds is 3. The van der Waals surface area contributed by atoms with E-state index in [-0.39, 0.29) is 5.91 Å². The van der Waals surface area contributed by atoms with E-state index in [4.69, 9.17) is 0 Å². The number of pyridine rings is 2. The molecule has 0 radical (unpaired) electrons. The Hall–Kier alpha value is -2.76. The van der Waals surface area contributed by atoms with Crippen LogP contribution in [-0.2, 0) is 6.54 Å². The maximum Gasteiger partial charge on any atom is 0.251 e. The molecule has 0 atom stereocenters. The standard InChI is InChI=1S/C14H13N5O/c1-10-17-18-13-8-12(4-7-19(10)13)14(20)16-9-11-2-5-15-6-3-11/h2-8H,9H2,1H3,(H,16,20). The molecule has 100 valence electrons. The van der Waals surface area contributed by atoms with Crippen molar-refractivity contribution in [3.05, 3.63) is 59.8 Å². The summed E-state index contributed by atoms with van der Waals surface area (Å²) >= 11 is 0. The van der Waals surface area contributed by atoms with E-state index >= 15 is 0 Å². The van der Waals surface area contributed by atoms with E-state index in [1.807, 2.05) is 23.5 Å². The van der Waals surface area contributed by atoms with Gasteiger partial charge in [-0.1, -0.05) is 0 Å². The average molecular weight is 267 g/mol. The molecule has 0 aliphatic heterocycles. The van der Waals surface area contributed by atoms with Crippen molar-refractivity contribution in [2.24, 2.45) is 0 Å². The van der Waals surface area contributed by atoms with E-state index in [2.05, 4.69) is 20.5 Å². The summed E-state index contributed by atoms with van der Waals surface area (Å²) in [6, 6.07) is 7.21. The Balaban J connectivity index is 1.75. The van der Waals surface area contributed by atoms with Crippen LogP contribution in [0.3, 0.4) is 0 Å². The van der Waals surface area contributed by atoms with Gasteiger partial charge in [0.05, 0.1) is 0 Å². The van der Waals surface area contributed by atoms with Crippen molar-refractivity contribution < 1.29 is 4.79 Å². The molecule has 6 nitrogen and oxygen atoms in total. The van der Waals surface area contributed by atoms with Gasteiger partial charge in [0.15, 0.2) is 5.65 Å². The lowest BCUT2D eigenvalue weighted by atomic mass is 10.2. The van der Waals surface area contributed by atoms with Gasteiger partial charge in [0.25, 0.3) is 5.91 Å². The minimum atomic E-state index is -0.134. The van der Waals surface area contributed by atoms with Gasteiger partial charge >= 0.3 is 0 Å². The topological polar surface area (TPSA) is 72.2 Å². The summed E-state index contributed by atoms with van der Waals surface area (Å²) in [4.78, 5) is 16.0. The molecular formula is C14H13N5O. The first-order valence-electron chi connectivity index (χ1n) is 6.22. The molecule has 1 amide bonds. The molecule has 3 heterocycles. The fourth-order valence-corrected chi connectivity index (χ4v) is 1.94. The van der Waals surface area contributed by atoms with Gasteiger partial charge in [-0.2, -0.15) is 0 Å². The van der Waals surface area contributed by atoms with Gasteiger partial charge in [0.2, 0.25) is 0 Å². The Kier molecular flexibility index (Phi) is 3.12. The molecule has 0 aliphatic carbocycles. The molecule has 0 aliphatic rings. The number of fused-ring (bicyclic) bond motifs is 1. The summed E-state index contributed by atoms with van der Waals surface area (Å²) < 4.78 is 1.83. The van der Waals surface area contributed by atoms with Crippen LogP contribution >= 0.6 is 0 Å². The molecule has 0 unspecified atom stereocenters. The number of aryl methyl sites for hydroxylation is 1. The van der Waals surface area contributed by atoms with Gasteiger partial charge in [0, 0.05) is 30.7 Å². The first kappa shape index (κ1) is 12.3. The van der Waals surface area contributed by atoms with Crippen molar-refractivity contribution in [3.63, 3.8) is 0 Å². The van der Waals surface area contributed by atoms with Gasteiger partial charge in [-0.05, 0) is 36.8 Å². The number of amides is 1. The lowest BCUT2D eigenvalue weighted by molar-refractivity contribution is 0.0951. The van der Waals surface area contributed by atoms with Crippen molar-refractivity contribution in [2.45, 2.75) is 13.5 Å². The zero-order valence-electron chi connectivity index (χ0n) is 10.9. The quantitative estimate of drug-likeness (QED) is 0.777. The van der Waals surface area contributed by atoms with Crippen molar-refractivity contribution >= 4 is 11.6 Å². The van der Waals surface area contributed by atoms with Crippen LogP contribution < -0.4 is 5.32 Å². The van der Waals surface area contributed by atoms with Crippen molar-refractivity contribution in [2.75, 3.05) is 0 Å². The number of aromatic nitrogens is 4. The van der Waals surface area contributed by atoms with Crippen LogP contribution in [0, 0.1) is 6.92 Å². The molecule has 3 aromatic rings. The van der Waals surface area contributed by atoms with E-state index in [0.29, 0.717) is 17.8 Å². The summed E-state index contributed by atoms with van der Waals surface area (Å²) in [5.41, 5.74) is 2.24. The number of carbonyl (C=O) groups is 1. The minimum absolute atomic E-state index is 0.134. The second kappa shape index (κ2) is 5.08. The fourth-order valence-electron chi connectivity index (χ4n) is 1.94. The van der Waals surface area contributed by atoms with Crippen LogP contribution in [0.15, 0.2) is 42.9 Å². The third-order valence-electron chi connectivity index (χ3n) is 3.05. The van der Waals surface area contributed by atoms with E-state index < -0.39 is 0 Å². The molecule has 0 fully saturated rings. The molecule has 0 saturated carbocycles. The van der Waals surface area contributed by atoms with E-state index in [9.17, 15) is 4.79 Å². The van der Waals surface area contributed by atoms with Crippen molar-refractivity contribution in [1.29, 1.82) is 0 Å². The molecule has 3 rings (SSSR count). The van der Waals surface area contributed by atoms with Crippen LogP contribution in [0.25, 0.3) is 5.65 Å². The zero-order valence-corrected chi connectivity index (χ0v) is 10.9. The number of nitrogens with one attached hydrogen (secondary N) is 1. The Morgan fingerprint density at radius 1 is 1.25 bits per heavy atom. The van der Waals surface area contributed by atoms with Gasteiger partial charge in [0.1, 0.15) is 5.82 Å². The van der Waals surface area contributed by atoms with Gasteiger partial charge in [-0.3, -0.25) is 14.2 Å². The van der Waals surface area contributed by atoms with Gasteiger partial charge in [-0.15, -0.1) is 10.2 Å². The number of hydrogen-bond acceptors (Lipinski definition) is 4. The second-order valence-electron chi connectivity index (χ2n) is 4.43. The predicted octanol–water partition coefficient (Wildman–Crippen LogP) is 1.36. The van der Waals surface area contributed by atoms with Crippen LogP contribution in [0.1, 0.15) is 21.7 Å². The first-order valence-corrected chi connectivity index (χ1v) is 6.22. The van der Waals surface area contributed by atoms with Crippen LogP contribution in [-0.4, -0.2) is 25.5 Å². The largest absolute Gasteiger partial charge is 0.348 e. The highest BCUT2D eigenvalue weighted by atomic mass is 16.1. The second-order valence-corrected chi connectivity index (χ2v) is 4.43. The number of carbonyl (C=O) groups excluding carboxylic acids is 1. The molecule has 1 N–H and O–H groups in total. The molecule has 3 aromatic heterocycles. The molecule has 0 aromatic carbocycles. The summed E-state index contributed by atoms with van der Waals surface area (Å²) in [5.74, 6) is 0.661. The summed E-state index contributed by atoms with van der Waals surface area (Å²) in [6.07, 6.45) is 5.20. The van der Waals surface area contributed by atoms with Gasteiger partial charge < -0.3 is 5.32 Å². The van der Waals surface area contributed by atoms with Crippen LogP contribution in [0.5, 0.6) is 0 Å². The smallest absolute Gasteiger partial charge is 0.251 e. The molecule has 0 bridgehead atoms. The number of nitrogens with zero attached hydrogens (tertiary/aromatic N) is 4. The maximum atomic E-state index is 12.1. The molecule has 6 heteroatoms. The van der Waals surface area contributed by atoms with Crippen molar-refractivity contribution in [1.82, 2.24) is 24.9 Å². The first-order chi connectivity index (χ1) is 9.74. The van der Waals surface area contributed by atoms with Crippen LogP contribution in [0.2, 0.25) is 0 Å². The zero-order chi connectivity index (χ0) is 13.9. The third kappa shape index (κ3) is 2.35. The highest BCUT2D eigenvalue weighted by Crippen LogP contribution is 2.07. The third-order valence-corrected chi connectivity index (χ3v) is 3.05. The summed E-state index contributed by atoms with van der Waals surface area (Å²) in [5, 5.41) is 10.8. The van der Waals surface area contributed by atoms with Gasteiger partial charge in [-0.25, -0.2) is 0 Å². The van der Waals surface area contributed by atoms with E-state index in [0.717, 1.165) is 11.4 Å². The van der Waals surface area contributed by atoms with Crippen LogP contribution in [0.4, 0.5) is 0 Å². The normalized spacial score (nSPS) is 10.7. The molecule has 20 heavy (non-hydrogen) atoms. The van der Waals surface area contributed by atoms with E-state index in [1.165, 1.54) is 0 Å². The fraction of sp³-hybridized carbons (Fsp3) is 0.143. The Morgan fingerprint density at radius 2 is 2.05 bits per heavy atom. The highest BCUT2D eigenvalue weighted by Gasteiger charge is 2.08. The van der Waals surface area contributed by atoms with Crippen molar-refractivity contribution in [3.8, 4) is 0 Å². The summed E-state index contributed by atoms with van der Waals surface area (Å²) in [6.45, 7) is 2.33. The maximum absolute atomic E-state index is 12.1. The molecule has 0 spiro atoms. The monoisotopic (exact) mass is 267 g/mol. The lowest BCUT2D eigenvalue weighted by Gasteiger charge is -2.05. The Labute approximate surface area is 115 Å². The predicted molar refractivity (Wildman–Crippen MR) is 73.1 cm³/mol. The summed E-state index contributed by atoms with van der Waals surface area (Å²) in [7, 11) is 0. The van der Waals surface area contributed by atoms with E-state index in [1.54, 1.807) is 30.7 Å². The highest BCUT2D eigenvalue weighted by molar-refractivity contribution is 5.94. The SMILES string of the molecule is Cc1nnc2cc(C(=O)NCc3ccncc3)ccn12. The molecular weight excluding hydrogens is 254 g/mol. The minimum Gasteiger partial charge on any atom is -0.348 e. The lowest BCUT2D eigenvalue weighted by Crippen LogP contribution is -2.22. The molecule has 0 saturated heterocycles. The Bertz CT molecular complexity index is 751.